The number of hydrogen-bond acceptors (Lipinski definition) is 5. The molecule has 0 radical (unpaired) electrons. The summed E-state index contributed by atoms with van der Waals surface area (Å²) in [5, 5.41) is 5.24. The fraction of sp³-hybridized carbons (Fsp3) is 0.318. The minimum absolute atomic E-state index is 0.244. The molecule has 0 aliphatic heterocycles. The van der Waals surface area contributed by atoms with E-state index in [1.807, 2.05) is 42.5 Å². The molecule has 3 rings (SSSR count). The third-order valence-corrected chi connectivity index (χ3v) is 5.25. The van der Waals surface area contributed by atoms with Gasteiger partial charge in [0, 0.05) is 40.8 Å². The van der Waals surface area contributed by atoms with Crippen molar-refractivity contribution >= 4 is 22.5 Å². The topological polar surface area (TPSA) is 69.4 Å². The van der Waals surface area contributed by atoms with E-state index < -0.39 is 0 Å². The molecule has 1 atom stereocenters. The molecule has 0 bridgehead atoms. The van der Waals surface area contributed by atoms with Gasteiger partial charge in [0.1, 0.15) is 11.5 Å². The fourth-order valence-electron chi connectivity index (χ4n) is 3.21. The number of nitrogens with two attached hydrogens (primary N) is 1. The second-order valence-electron chi connectivity index (χ2n) is 7.34. The van der Waals surface area contributed by atoms with E-state index in [0.29, 0.717) is 11.6 Å². The van der Waals surface area contributed by atoms with Gasteiger partial charge in [0.15, 0.2) is 0 Å². The molecule has 6 heteroatoms. The highest BCUT2D eigenvalue weighted by Crippen LogP contribution is 2.30. The van der Waals surface area contributed by atoms with Crippen LogP contribution in [0, 0.1) is 0 Å². The fourth-order valence-corrected chi connectivity index (χ4v) is 3.38. The molecule has 3 aromatic rings. The smallest absolute Gasteiger partial charge is 0.122 e. The third kappa shape index (κ3) is 4.38. The van der Waals surface area contributed by atoms with Gasteiger partial charge < -0.3 is 20.5 Å². The molecule has 0 saturated carbocycles. The Bertz CT molecular complexity index is 953. The van der Waals surface area contributed by atoms with Crippen LogP contribution in [0.5, 0.6) is 11.5 Å². The molecular weight excluding hydrogens is 374 g/mol. The van der Waals surface area contributed by atoms with E-state index >= 15 is 0 Å². The first-order valence-electron chi connectivity index (χ1n) is 9.11. The van der Waals surface area contributed by atoms with Gasteiger partial charge in [-0.3, -0.25) is 4.98 Å². The van der Waals surface area contributed by atoms with Crippen LogP contribution < -0.4 is 20.5 Å². The highest BCUT2D eigenvalue weighted by atomic mass is 35.5. The molecule has 0 aliphatic rings. The molecule has 5 nitrogen and oxygen atoms in total. The van der Waals surface area contributed by atoms with Crippen LogP contribution in [0.25, 0.3) is 10.9 Å². The summed E-state index contributed by atoms with van der Waals surface area (Å²) in [5.74, 6) is 1.52. The lowest BCUT2D eigenvalue weighted by Crippen LogP contribution is -2.48. The highest BCUT2D eigenvalue weighted by Gasteiger charge is 2.28. The highest BCUT2D eigenvalue weighted by molar-refractivity contribution is 6.31. The molecule has 0 saturated heterocycles. The summed E-state index contributed by atoms with van der Waals surface area (Å²) in [6.45, 7) is 4.82. The first kappa shape index (κ1) is 20.4. The van der Waals surface area contributed by atoms with Gasteiger partial charge in [0.2, 0.25) is 0 Å². The van der Waals surface area contributed by atoms with Crippen LogP contribution in [0.3, 0.4) is 0 Å². The molecule has 0 aliphatic carbocycles. The number of fused-ring (bicyclic) bond motifs is 1. The van der Waals surface area contributed by atoms with Crippen LogP contribution in [0.15, 0.2) is 48.7 Å². The second-order valence-corrected chi connectivity index (χ2v) is 7.77. The number of pyridine rings is 1. The van der Waals surface area contributed by atoms with Gasteiger partial charge in [0.25, 0.3) is 0 Å². The Morgan fingerprint density at radius 2 is 1.75 bits per heavy atom. The minimum atomic E-state index is -0.371. The van der Waals surface area contributed by atoms with Gasteiger partial charge in [0.05, 0.1) is 19.7 Å². The number of rotatable bonds is 7. The molecule has 1 unspecified atom stereocenters. The largest absolute Gasteiger partial charge is 0.497 e. The molecular formula is C22H26ClN3O2. The Hall–Kier alpha value is -2.34. The van der Waals surface area contributed by atoms with Crippen LogP contribution >= 0.6 is 11.6 Å². The zero-order valence-corrected chi connectivity index (χ0v) is 17.4. The zero-order chi connectivity index (χ0) is 20.3. The number of hydrogen-bond donors (Lipinski definition) is 2. The molecule has 0 amide bonds. The van der Waals surface area contributed by atoms with E-state index in [-0.39, 0.29) is 11.6 Å². The Kier molecular flexibility index (Phi) is 6.08. The van der Waals surface area contributed by atoms with Crippen molar-refractivity contribution in [1.29, 1.82) is 0 Å². The normalized spacial score (nSPS) is 12.8. The first-order valence-corrected chi connectivity index (χ1v) is 9.48. The summed E-state index contributed by atoms with van der Waals surface area (Å²) in [7, 11) is 3.29. The van der Waals surface area contributed by atoms with Crippen LogP contribution in [0.1, 0.15) is 31.0 Å². The monoisotopic (exact) mass is 399 g/mol. The van der Waals surface area contributed by atoms with Crippen molar-refractivity contribution in [1.82, 2.24) is 10.3 Å². The first-order chi connectivity index (χ1) is 13.3. The lowest BCUT2D eigenvalue weighted by Gasteiger charge is -2.34. The van der Waals surface area contributed by atoms with Gasteiger partial charge in [-0.2, -0.15) is 0 Å². The summed E-state index contributed by atoms with van der Waals surface area (Å²) in [6, 6.07) is 13.3. The zero-order valence-electron chi connectivity index (χ0n) is 16.6. The average molecular weight is 400 g/mol. The Labute approximate surface area is 170 Å². The van der Waals surface area contributed by atoms with E-state index in [2.05, 4.69) is 24.1 Å². The van der Waals surface area contributed by atoms with Crippen molar-refractivity contribution in [3.8, 4) is 11.5 Å². The van der Waals surface area contributed by atoms with Crippen molar-refractivity contribution in [2.24, 2.45) is 5.73 Å². The maximum absolute atomic E-state index is 6.68. The van der Waals surface area contributed by atoms with Crippen LogP contribution in [0.2, 0.25) is 5.02 Å². The van der Waals surface area contributed by atoms with Crippen LogP contribution in [-0.4, -0.2) is 24.7 Å². The maximum Gasteiger partial charge on any atom is 0.122 e. The quantitative estimate of drug-likeness (QED) is 0.613. The Morgan fingerprint density at radius 3 is 2.39 bits per heavy atom. The summed E-state index contributed by atoms with van der Waals surface area (Å²) in [4.78, 5) is 4.41. The Morgan fingerprint density at radius 1 is 1.07 bits per heavy atom. The summed E-state index contributed by atoms with van der Waals surface area (Å²) < 4.78 is 10.7. The van der Waals surface area contributed by atoms with Crippen molar-refractivity contribution in [2.75, 3.05) is 14.2 Å². The van der Waals surface area contributed by atoms with E-state index in [1.165, 1.54) is 0 Å². The molecule has 148 valence electrons. The predicted octanol–water partition coefficient (Wildman–Crippen LogP) is 4.47. The number of halogens is 1. The molecule has 3 N–H and O–H groups in total. The van der Waals surface area contributed by atoms with Crippen molar-refractivity contribution in [2.45, 2.75) is 32.0 Å². The van der Waals surface area contributed by atoms with E-state index in [4.69, 9.17) is 26.8 Å². The van der Waals surface area contributed by atoms with Crippen LogP contribution in [0.4, 0.5) is 0 Å². The van der Waals surface area contributed by atoms with Gasteiger partial charge in [-0.05, 0) is 55.3 Å². The number of benzene rings is 2. The summed E-state index contributed by atoms with van der Waals surface area (Å²) >= 11 is 6.10. The van der Waals surface area contributed by atoms with E-state index in [0.717, 1.165) is 33.5 Å². The van der Waals surface area contributed by atoms with E-state index in [9.17, 15) is 0 Å². The summed E-state index contributed by atoms with van der Waals surface area (Å²) in [5.41, 5.74) is 9.24. The molecule has 1 aromatic heterocycles. The molecule has 2 aromatic carbocycles. The number of nitrogens with zero attached hydrogens (tertiary/aromatic N) is 1. The molecule has 28 heavy (non-hydrogen) atoms. The number of aromatic nitrogens is 1. The Balaban J connectivity index is 1.83. The van der Waals surface area contributed by atoms with Crippen molar-refractivity contribution in [3.05, 3.63) is 64.8 Å². The van der Waals surface area contributed by atoms with Crippen molar-refractivity contribution < 1.29 is 9.47 Å². The second kappa shape index (κ2) is 8.35. The maximum atomic E-state index is 6.68. The van der Waals surface area contributed by atoms with Gasteiger partial charge in [-0.1, -0.05) is 17.7 Å². The number of nitrogens with one attached hydrogen (secondary N) is 1. The van der Waals surface area contributed by atoms with Gasteiger partial charge in [-0.25, -0.2) is 0 Å². The molecule has 1 heterocycles. The van der Waals surface area contributed by atoms with Gasteiger partial charge in [-0.15, -0.1) is 0 Å². The lowest BCUT2D eigenvalue weighted by molar-refractivity contribution is 0.321. The lowest BCUT2D eigenvalue weighted by atomic mass is 9.87. The third-order valence-electron chi connectivity index (χ3n) is 5.01. The van der Waals surface area contributed by atoms with Crippen molar-refractivity contribution in [3.63, 3.8) is 0 Å². The average Bonchev–Trinajstić information content (AvgIpc) is 2.70. The molecule has 0 fully saturated rings. The summed E-state index contributed by atoms with van der Waals surface area (Å²) in [6.07, 6.45) is 1.77. The SMILES string of the molecule is COc1cc(CNC(C)(C)C(N)c2ccnc3cc(Cl)ccc23)cc(OC)c1. The van der Waals surface area contributed by atoms with Crippen LogP contribution in [-0.2, 0) is 6.54 Å². The van der Waals surface area contributed by atoms with Gasteiger partial charge >= 0.3 is 0 Å². The molecule has 0 spiro atoms. The number of methoxy groups -OCH3 is 2. The minimum Gasteiger partial charge on any atom is -0.497 e. The van der Waals surface area contributed by atoms with E-state index in [1.54, 1.807) is 20.4 Å². The predicted molar refractivity (Wildman–Crippen MR) is 114 cm³/mol. The number of ether oxygens (including phenoxy) is 2. The standard InChI is InChI=1S/C22H26ClN3O2/c1-22(2,26-13-14-9-16(27-3)12-17(10-14)28-4)21(24)19-7-8-25-20-11-15(23)5-6-18(19)20/h5-12,21,26H,13,24H2,1-4H3.